The normalized spacial score (nSPS) is 18.2. The highest BCUT2D eigenvalue weighted by Gasteiger charge is 2.19. The van der Waals surface area contributed by atoms with Crippen LogP contribution < -0.4 is 0 Å². The molecule has 3 rings (SSSR count). The molecule has 2 aromatic rings. The van der Waals surface area contributed by atoms with Crippen LogP contribution in [0.3, 0.4) is 0 Å². The molecule has 1 aliphatic heterocycles. The summed E-state index contributed by atoms with van der Waals surface area (Å²) >= 11 is 7.83. The van der Waals surface area contributed by atoms with Gasteiger partial charge in [0, 0.05) is 5.39 Å². The Morgan fingerprint density at radius 1 is 1.37 bits per heavy atom. The Hall–Kier alpha value is -0.710. The first-order valence-electron chi connectivity index (χ1n) is 6.88. The van der Waals surface area contributed by atoms with E-state index in [0.29, 0.717) is 5.15 Å². The smallest absolute Gasteiger partial charge is 0.145 e. The molecule has 0 unspecified atom stereocenters. The molecule has 19 heavy (non-hydrogen) atoms. The number of halogens is 1. The molecular formula is C14H18ClN3S. The van der Waals surface area contributed by atoms with E-state index in [1.54, 1.807) is 11.3 Å². The first kappa shape index (κ1) is 13.3. The SMILES string of the molecule is CCC1CCN(Cc2nc(Cl)c3ccsc3n2)CC1. The Labute approximate surface area is 122 Å². The van der Waals surface area contributed by atoms with Crippen molar-refractivity contribution < 1.29 is 0 Å². The van der Waals surface area contributed by atoms with Gasteiger partial charge in [0.05, 0.1) is 6.54 Å². The van der Waals surface area contributed by atoms with Gasteiger partial charge < -0.3 is 0 Å². The third kappa shape index (κ3) is 2.91. The average molecular weight is 296 g/mol. The predicted octanol–water partition coefficient (Wildman–Crippen LogP) is 3.97. The van der Waals surface area contributed by atoms with Gasteiger partial charge in [0.15, 0.2) is 0 Å². The number of rotatable bonds is 3. The number of piperidine rings is 1. The summed E-state index contributed by atoms with van der Waals surface area (Å²) in [5.74, 6) is 1.76. The lowest BCUT2D eigenvalue weighted by molar-refractivity contribution is 0.171. The van der Waals surface area contributed by atoms with Gasteiger partial charge in [-0.3, -0.25) is 4.90 Å². The molecule has 0 amide bonds. The second-order valence-corrected chi connectivity index (χ2v) is 6.45. The lowest BCUT2D eigenvalue weighted by atomic mass is 9.94. The molecule has 0 aliphatic carbocycles. The number of nitrogens with zero attached hydrogens (tertiary/aromatic N) is 3. The van der Waals surface area contributed by atoms with E-state index in [0.717, 1.165) is 41.6 Å². The summed E-state index contributed by atoms with van der Waals surface area (Å²) < 4.78 is 0. The Bertz CT molecular complexity index is 561. The Kier molecular flexibility index (Phi) is 4.01. The summed E-state index contributed by atoms with van der Waals surface area (Å²) in [6.45, 7) is 5.42. The van der Waals surface area contributed by atoms with Gasteiger partial charge >= 0.3 is 0 Å². The van der Waals surface area contributed by atoms with Crippen LogP contribution in [0.25, 0.3) is 10.2 Å². The number of likely N-dealkylation sites (tertiary alicyclic amines) is 1. The Balaban J connectivity index is 1.71. The quantitative estimate of drug-likeness (QED) is 0.803. The fraction of sp³-hybridized carbons (Fsp3) is 0.571. The highest BCUT2D eigenvalue weighted by Crippen LogP contribution is 2.26. The minimum atomic E-state index is 0.588. The van der Waals surface area contributed by atoms with Gasteiger partial charge in [-0.25, -0.2) is 9.97 Å². The van der Waals surface area contributed by atoms with Crippen LogP contribution in [0.1, 0.15) is 32.0 Å². The van der Waals surface area contributed by atoms with Gasteiger partial charge in [-0.2, -0.15) is 0 Å². The number of thiophene rings is 1. The molecule has 1 aliphatic rings. The molecule has 1 saturated heterocycles. The van der Waals surface area contributed by atoms with Crippen molar-refractivity contribution >= 4 is 33.2 Å². The van der Waals surface area contributed by atoms with Crippen LogP contribution >= 0.6 is 22.9 Å². The van der Waals surface area contributed by atoms with Crippen LogP contribution in [0.5, 0.6) is 0 Å². The second-order valence-electron chi connectivity index (χ2n) is 5.20. The van der Waals surface area contributed by atoms with Gasteiger partial charge in [-0.15, -0.1) is 11.3 Å². The highest BCUT2D eigenvalue weighted by atomic mass is 35.5. The van der Waals surface area contributed by atoms with E-state index < -0.39 is 0 Å². The summed E-state index contributed by atoms with van der Waals surface area (Å²) in [4.78, 5) is 12.5. The number of hydrogen-bond donors (Lipinski definition) is 0. The molecule has 0 N–H and O–H groups in total. The highest BCUT2D eigenvalue weighted by molar-refractivity contribution is 7.16. The maximum atomic E-state index is 6.20. The van der Waals surface area contributed by atoms with Gasteiger partial charge in [0.1, 0.15) is 15.8 Å². The number of aromatic nitrogens is 2. The van der Waals surface area contributed by atoms with Crippen LogP contribution in [0.15, 0.2) is 11.4 Å². The third-order valence-electron chi connectivity index (χ3n) is 3.97. The van der Waals surface area contributed by atoms with Crippen LogP contribution in [0.2, 0.25) is 5.15 Å². The van der Waals surface area contributed by atoms with Crippen molar-refractivity contribution in [2.75, 3.05) is 13.1 Å². The van der Waals surface area contributed by atoms with E-state index in [2.05, 4.69) is 21.8 Å². The van der Waals surface area contributed by atoms with Crippen molar-refractivity contribution in [3.05, 3.63) is 22.4 Å². The lowest BCUT2D eigenvalue weighted by Gasteiger charge is -2.30. The summed E-state index contributed by atoms with van der Waals surface area (Å²) in [5, 5.41) is 3.58. The molecule has 102 valence electrons. The first-order valence-corrected chi connectivity index (χ1v) is 8.14. The largest absolute Gasteiger partial charge is 0.296 e. The average Bonchev–Trinajstić information content (AvgIpc) is 2.88. The standard InChI is InChI=1S/C14H18ClN3S/c1-2-10-3-6-18(7-4-10)9-12-16-13(15)11-5-8-19-14(11)17-12/h5,8,10H,2-4,6-7,9H2,1H3. The van der Waals surface area contributed by atoms with Crippen molar-refractivity contribution in [2.24, 2.45) is 5.92 Å². The molecule has 5 heteroatoms. The zero-order valence-corrected chi connectivity index (χ0v) is 12.7. The summed E-state index contributed by atoms with van der Waals surface area (Å²) in [7, 11) is 0. The van der Waals surface area contributed by atoms with Crippen molar-refractivity contribution in [2.45, 2.75) is 32.7 Å². The zero-order valence-electron chi connectivity index (χ0n) is 11.1. The Morgan fingerprint density at radius 3 is 2.89 bits per heavy atom. The molecule has 3 heterocycles. The van der Waals surface area contributed by atoms with E-state index in [-0.39, 0.29) is 0 Å². The fourth-order valence-corrected chi connectivity index (χ4v) is 3.77. The van der Waals surface area contributed by atoms with Crippen LogP contribution in [0.4, 0.5) is 0 Å². The molecule has 0 saturated carbocycles. The summed E-state index contributed by atoms with van der Waals surface area (Å²) in [6, 6.07) is 1.98. The summed E-state index contributed by atoms with van der Waals surface area (Å²) in [6.07, 6.45) is 3.90. The molecule has 0 bridgehead atoms. The molecule has 0 atom stereocenters. The zero-order chi connectivity index (χ0) is 13.2. The maximum Gasteiger partial charge on any atom is 0.145 e. The van der Waals surface area contributed by atoms with Gasteiger partial charge in [-0.1, -0.05) is 24.9 Å². The first-order chi connectivity index (χ1) is 9.26. The molecule has 1 fully saturated rings. The number of fused-ring (bicyclic) bond motifs is 1. The Morgan fingerprint density at radius 2 is 2.16 bits per heavy atom. The van der Waals surface area contributed by atoms with E-state index in [1.165, 1.54) is 19.3 Å². The lowest BCUT2D eigenvalue weighted by Crippen LogP contribution is -2.33. The van der Waals surface area contributed by atoms with E-state index in [9.17, 15) is 0 Å². The van der Waals surface area contributed by atoms with E-state index in [4.69, 9.17) is 11.6 Å². The molecule has 0 aromatic carbocycles. The molecular weight excluding hydrogens is 278 g/mol. The maximum absolute atomic E-state index is 6.20. The van der Waals surface area contributed by atoms with Crippen molar-refractivity contribution in [3.8, 4) is 0 Å². The van der Waals surface area contributed by atoms with E-state index >= 15 is 0 Å². The predicted molar refractivity (Wildman–Crippen MR) is 80.7 cm³/mol. The van der Waals surface area contributed by atoms with Crippen molar-refractivity contribution in [1.82, 2.24) is 14.9 Å². The van der Waals surface area contributed by atoms with Crippen LogP contribution in [-0.2, 0) is 6.54 Å². The third-order valence-corrected chi connectivity index (χ3v) is 5.07. The monoisotopic (exact) mass is 295 g/mol. The second kappa shape index (κ2) is 5.73. The fourth-order valence-electron chi connectivity index (χ4n) is 2.68. The minimum absolute atomic E-state index is 0.588. The molecule has 0 spiro atoms. The molecule has 3 nitrogen and oxygen atoms in total. The van der Waals surface area contributed by atoms with Crippen LogP contribution in [0, 0.1) is 5.92 Å². The van der Waals surface area contributed by atoms with Crippen LogP contribution in [-0.4, -0.2) is 28.0 Å². The summed E-state index contributed by atoms with van der Waals surface area (Å²) in [5.41, 5.74) is 0. The van der Waals surface area contributed by atoms with Gasteiger partial charge in [0.2, 0.25) is 0 Å². The number of hydrogen-bond acceptors (Lipinski definition) is 4. The van der Waals surface area contributed by atoms with Crippen molar-refractivity contribution in [3.63, 3.8) is 0 Å². The molecule has 2 aromatic heterocycles. The van der Waals surface area contributed by atoms with Crippen molar-refractivity contribution in [1.29, 1.82) is 0 Å². The molecule has 0 radical (unpaired) electrons. The van der Waals surface area contributed by atoms with E-state index in [1.807, 2.05) is 11.4 Å². The topological polar surface area (TPSA) is 29.0 Å². The van der Waals surface area contributed by atoms with Gasteiger partial charge in [0.25, 0.3) is 0 Å². The van der Waals surface area contributed by atoms with Gasteiger partial charge in [-0.05, 0) is 43.3 Å². The minimum Gasteiger partial charge on any atom is -0.296 e.